The van der Waals surface area contributed by atoms with E-state index in [0.29, 0.717) is 11.3 Å². The lowest BCUT2D eigenvalue weighted by molar-refractivity contribution is 0.215. The van der Waals surface area contributed by atoms with Crippen LogP contribution in [0.4, 0.5) is 0 Å². The van der Waals surface area contributed by atoms with Crippen molar-refractivity contribution in [3.63, 3.8) is 0 Å². The summed E-state index contributed by atoms with van der Waals surface area (Å²) in [6, 6.07) is 9.20. The van der Waals surface area contributed by atoms with Crippen molar-refractivity contribution in [2.75, 3.05) is 0 Å². The van der Waals surface area contributed by atoms with Crippen LogP contribution in [0.25, 0.3) is 5.57 Å². The average molecular weight is 749 g/mol. The standard InChI is InChI=1S/C24H38.C22H32.C9H18/c1-10-18(5)21(14-19(6)17(3)4)15-22-16-23(24(7,8)9)13-12-20(22)11-2;1-6-9-19(10-7-2)21-14-16-22(17-15-21)20(11-8-3)13-12-18(4)5;1-2-6-9-7-4-3-5-8-9/h11,14-15,23H,3,10,12-13,16H2,1-2,4-9H3;11-17,19H,4,6-10H2,1-3,5H3;9H,2-8H2,1H3/b19-14+,20-11+,21-18+,22-15-;13-12-,20-11+;. The molecule has 0 bridgehead atoms. The van der Waals surface area contributed by atoms with Gasteiger partial charge in [0.15, 0.2) is 0 Å². The Labute approximate surface area is 344 Å². The third-order valence-corrected chi connectivity index (χ3v) is 12.0. The van der Waals surface area contributed by atoms with Gasteiger partial charge < -0.3 is 0 Å². The van der Waals surface area contributed by atoms with Gasteiger partial charge in [0.25, 0.3) is 0 Å². The molecule has 2 fully saturated rings. The first-order chi connectivity index (χ1) is 26.1. The summed E-state index contributed by atoms with van der Waals surface area (Å²) in [7, 11) is 0. The second kappa shape index (κ2) is 27.7. The first-order valence-electron chi connectivity index (χ1n) is 22.7. The van der Waals surface area contributed by atoms with Crippen molar-refractivity contribution in [1.82, 2.24) is 0 Å². The van der Waals surface area contributed by atoms with Crippen molar-refractivity contribution in [3.05, 3.63) is 124 Å². The normalized spacial score (nSPS) is 19.2. The molecule has 0 heterocycles. The number of rotatable bonds is 15. The summed E-state index contributed by atoms with van der Waals surface area (Å²) in [5.74, 6) is 2.58. The van der Waals surface area contributed by atoms with Gasteiger partial charge in [-0.2, -0.15) is 0 Å². The van der Waals surface area contributed by atoms with Gasteiger partial charge >= 0.3 is 0 Å². The van der Waals surface area contributed by atoms with E-state index in [1.807, 2.05) is 6.92 Å². The largest absolute Gasteiger partial charge is 0.0961 e. The number of hydrogen-bond acceptors (Lipinski definition) is 0. The van der Waals surface area contributed by atoms with Gasteiger partial charge in [-0.15, -0.1) is 0 Å². The second-order valence-corrected chi connectivity index (χ2v) is 17.9. The van der Waals surface area contributed by atoms with Crippen molar-refractivity contribution >= 4 is 5.57 Å². The third-order valence-electron chi connectivity index (χ3n) is 12.0. The zero-order valence-corrected chi connectivity index (χ0v) is 38.7. The SMILES string of the molecule is C=C(C)/C(C)=C/C(/C=C1/CC(C(C)(C)C)CC/C1=C\C)=C(/C)CC.C=C(C)/C=C\C(=C/CC)c1ccc(C(CCC)CCC)cc1.CCCC1CCCCC1. The Morgan fingerprint density at radius 3 is 1.89 bits per heavy atom. The van der Waals surface area contributed by atoms with Crippen molar-refractivity contribution in [3.8, 4) is 0 Å². The van der Waals surface area contributed by atoms with Crippen LogP contribution in [0.5, 0.6) is 0 Å². The molecule has 0 saturated heterocycles. The van der Waals surface area contributed by atoms with E-state index in [9.17, 15) is 0 Å². The zero-order chi connectivity index (χ0) is 41.4. The quantitative estimate of drug-likeness (QED) is 0.157. The Hall–Kier alpha value is -2.86. The van der Waals surface area contributed by atoms with Crippen LogP contribution in [0.2, 0.25) is 0 Å². The molecule has 2 aliphatic carbocycles. The van der Waals surface area contributed by atoms with Crippen LogP contribution in [0, 0.1) is 17.3 Å². The summed E-state index contributed by atoms with van der Waals surface area (Å²) in [5.41, 5.74) is 13.9. The lowest BCUT2D eigenvalue weighted by Crippen LogP contribution is -2.24. The van der Waals surface area contributed by atoms with E-state index in [1.54, 1.807) is 5.57 Å². The maximum absolute atomic E-state index is 4.09. The lowest BCUT2D eigenvalue weighted by Gasteiger charge is -2.36. The lowest BCUT2D eigenvalue weighted by atomic mass is 9.69. The molecule has 55 heavy (non-hydrogen) atoms. The molecule has 1 atom stereocenters. The maximum Gasteiger partial charge on any atom is -0.0162 e. The summed E-state index contributed by atoms with van der Waals surface area (Å²) < 4.78 is 0. The molecular formula is C55H88. The van der Waals surface area contributed by atoms with E-state index in [4.69, 9.17) is 0 Å². The van der Waals surface area contributed by atoms with Crippen LogP contribution in [0.1, 0.15) is 210 Å². The van der Waals surface area contributed by atoms with E-state index < -0.39 is 0 Å². The highest BCUT2D eigenvalue weighted by molar-refractivity contribution is 5.74. The first kappa shape index (κ1) is 50.2. The molecule has 0 heteroatoms. The summed E-state index contributed by atoms with van der Waals surface area (Å²) in [6.07, 6.45) is 35.0. The van der Waals surface area contributed by atoms with Gasteiger partial charge in [-0.3, -0.25) is 0 Å². The van der Waals surface area contributed by atoms with Crippen LogP contribution in [0.15, 0.2) is 113 Å². The van der Waals surface area contributed by atoms with Gasteiger partial charge in [0.1, 0.15) is 0 Å². The Bertz CT molecular complexity index is 1440. The fourth-order valence-corrected chi connectivity index (χ4v) is 7.99. The Balaban J connectivity index is 0.000000450. The van der Waals surface area contributed by atoms with Crippen LogP contribution in [-0.2, 0) is 0 Å². The number of hydrogen-bond donors (Lipinski definition) is 0. The molecule has 0 radical (unpaired) electrons. The van der Waals surface area contributed by atoms with E-state index in [0.717, 1.165) is 35.8 Å². The molecular weight excluding hydrogens is 661 g/mol. The topological polar surface area (TPSA) is 0 Å². The van der Waals surface area contributed by atoms with Crippen molar-refractivity contribution in [2.24, 2.45) is 17.3 Å². The molecule has 1 unspecified atom stereocenters. The van der Waals surface area contributed by atoms with Crippen molar-refractivity contribution in [2.45, 2.75) is 199 Å². The third kappa shape index (κ3) is 19.7. The van der Waals surface area contributed by atoms with E-state index in [2.05, 4.69) is 157 Å². The molecule has 2 saturated carbocycles. The molecule has 0 N–H and O–H groups in total. The van der Waals surface area contributed by atoms with Gasteiger partial charge in [-0.05, 0) is 142 Å². The van der Waals surface area contributed by atoms with Crippen LogP contribution in [-0.4, -0.2) is 0 Å². The van der Waals surface area contributed by atoms with Crippen LogP contribution in [0.3, 0.4) is 0 Å². The van der Waals surface area contributed by atoms with Crippen molar-refractivity contribution in [1.29, 1.82) is 0 Å². The van der Waals surface area contributed by atoms with E-state index >= 15 is 0 Å². The smallest absolute Gasteiger partial charge is 0.0162 e. The molecule has 0 spiro atoms. The average Bonchev–Trinajstić information content (AvgIpc) is 3.16. The number of benzene rings is 1. The highest BCUT2D eigenvalue weighted by Gasteiger charge is 2.29. The molecule has 308 valence electrons. The highest BCUT2D eigenvalue weighted by atomic mass is 14.3. The molecule has 1 aromatic rings. The second-order valence-electron chi connectivity index (χ2n) is 17.9. The predicted octanol–water partition coefficient (Wildman–Crippen LogP) is 18.6. The zero-order valence-electron chi connectivity index (χ0n) is 38.7. The summed E-state index contributed by atoms with van der Waals surface area (Å²) in [6.45, 7) is 37.2. The summed E-state index contributed by atoms with van der Waals surface area (Å²) in [4.78, 5) is 0. The minimum absolute atomic E-state index is 0.380. The molecule has 0 aromatic heterocycles. The fourth-order valence-electron chi connectivity index (χ4n) is 7.99. The summed E-state index contributed by atoms with van der Waals surface area (Å²) in [5, 5.41) is 0. The first-order valence-corrected chi connectivity index (χ1v) is 22.7. The van der Waals surface area contributed by atoms with Gasteiger partial charge in [0.2, 0.25) is 0 Å². The summed E-state index contributed by atoms with van der Waals surface area (Å²) >= 11 is 0. The minimum Gasteiger partial charge on any atom is -0.0961 e. The molecule has 3 rings (SSSR count). The van der Waals surface area contributed by atoms with Crippen LogP contribution < -0.4 is 0 Å². The molecule has 0 amide bonds. The van der Waals surface area contributed by atoms with Gasteiger partial charge in [-0.25, -0.2) is 0 Å². The Morgan fingerprint density at radius 2 is 1.42 bits per heavy atom. The molecule has 1 aromatic carbocycles. The molecule has 0 aliphatic heterocycles. The van der Waals surface area contributed by atoms with E-state index in [-0.39, 0.29) is 0 Å². The van der Waals surface area contributed by atoms with Crippen LogP contribution >= 0.6 is 0 Å². The Kier molecular flexibility index (Phi) is 25.3. The minimum atomic E-state index is 0.380. The van der Waals surface area contributed by atoms with Crippen molar-refractivity contribution < 1.29 is 0 Å². The van der Waals surface area contributed by atoms with E-state index in [1.165, 1.54) is 129 Å². The monoisotopic (exact) mass is 749 g/mol. The maximum atomic E-state index is 4.09. The fraction of sp³-hybridized carbons (Fsp3) is 0.600. The van der Waals surface area contributed by atoms with Gasteiger partial charge in [0, 0.05) is 0 Å². The molecule has 2 aliphatic rings. The molecule has 0 nitrogen and oxygen atoms in total. The van der Waals surface area contributed by atoms with Gasteiger partial charge in [0.05, 0.1) is 0 Å². The highest BCUT2D eigenvalue weighted by Crippen LogP contribution is 2.43. The predicted molar refractivity (Wildman–Crippen MR) is 253 cm³/mol. The van der Waals surface area contributed by atoms with Gasteiger partial charge in [-0.1, -0.05) is 204 Å². The Morgan fingerprint density at radius 1 is 0.800 bits per heavy atom. The number of allylic oxidation sites excluding steroid dienone is 14.